The van der Waals surface area contributed by atoms with Gasteiger partial charge in [-0.05, 0) is 18.9 Å². The summed E-state index contributed by atoms with van der Waals surface area (Å²) in [7, 11) is 0. The smallest absolute Gasteiger partial charge is 0.306 e. The van der Waals surface area contributed by atoms with E-state index in [0.29, 0.717) is 13.0 Å². The number of carbonyl (C=O) groups is 1. The number of carboxylic acids is 1. The van der Waals surface area contributed by atoms with E-state index in [9.17, 15) is 4.79 Å². The molecule has 72 valence electrons. The van der Waals surface area contributed by atoms with Gasteiger partial charge in [-0.2, -0.15) is 0 Å². The fourth-order valence-electron chi connectivity index (χ4n) is 1.60. The molecule has 1 unspecified atom stereocenters. The molecule has 0 saturated carbocycles. The molecule has 0 amide bonds. The fraction of sp³-hybridized carbons (Fsp3) is 0.889. The van der Waals surface area contributed by atoms with Gasteiger partial charge in [0, 0.05) is 0 Å². The maximum Gasteiger partial charge on any atom is 0.306 e. The predicted molar refractivity (Wildman–Crippen MR) is 48.9 cm³/mol. The molecule has 12 heavy (non-hydrogen) atoms. The summed E-state index contributed by atoms with van der Waals surface area (Å²) in [5, 5.41) is 8.88. The lowest BCUT2D eigenvalue weighted by atomic mass is 9.85. The first-order chi connectivity index (χ1) is 5.67. The maximum atomic E-state index is 10.8. The second-order valence-corrected chi connectivity index (χ2v) is 3.10. The third-order valence-electron chi connectivity index (χ3n) is 2.41. The van der Waals surface area contributed by atoms with Gasteiger partial charge in [-0.1, -0.05) is 26.7 Å². The Labute approximate surface area is 74.0 Å². The molecule has 0 radical (unpaired) electrons. The van der Waals surface area contributed by atoms with Crippen molar-refractivity contribution in [3.63, 3.8) is 0 Å². The normalized spacial score (nSPS) is 13.3. The van der Waals surface area contributed by atoms with E-state index < -0.39 is 5.97 Å². The monoisotopic (exact) mass is 173 g/mol. The van der Waals surface area contributed by atoms with Gasteiger partial charge in [-0.25, -0.2) is 0 Å². The molecule has 3 heteroatoms. The third-order valence-corrected chi connectivity index (χ3v) is 2.41. The van der Waals surface area contributed by atoms with E-state index in [1.54, 1.807) is 0 Å². The van der Waals surface area contributed by atoms with Crippen LogP contribution in [0, 0.1) is 11.8 Å². The van der Waals surface area contributed by atoms with Crippen molar-refractivity contribution in [3.8, 4) is 0 Å². The summed E-state index contributed by atoms with van der Waals surface area (Å²) in [6, 6.07) is 0. The van der Waals surface area contributed by atoms with Crippen LogP contribution in [0.5, 0.6) is 0 Å². The summed E-state index contributed by atoms with van der Waals surface area (Å²) in [6.07, 6.45) is 2.45. The maximum absolute atomic E-state index is 10.8. The van der Waals surface area contributed by atoms with Crippen molar-refractivity contribution in [2.24, 2.45) is 17.6 Å². The summed E-state index contributed by atoms with van der Waals surface area (Å²) in [6.45, 7) is 4.52. The molecule has 0 heterocycles. The van der Waals surface area contributed by atoms with E-state index in [1.807, 2.05) is 13.8 Å². The van der Waals surface area contributed by atoms with E-state index in [0.717, 1.165) is 12.8 Å². The molecule has 0 bridgehead atoms. The van der Waals surface area contributed by atoms with Gasteiger partial charge >= 0.3 is 5.97 Å². The average molecular weight is 173 g/mol. The van der Waals surface area contributed by atoms with E-state index in [4.69, 9.17) is 10.8 Å². The Bertz CT molecular complexity index is 132. The Morgan fingerprint density at radius 2 is 1.92 bits per heavy atom. The van der Waals surface area contributed by atoms with Crippen molar-refractivity contribution < 1.29 is 9.90 Å². The molecule has 0 aliphatic rings. The molecular weight excluding hydrogens is 154 g/mol. The molecule has 0 aromatic rings. The summed E-state index contributed by atoms with van der Waals surface area (Å²) >= 11 is 0. The van der Waals surface area contributed by atoms with Gasteiger partial charge in [0.25, 0.3) is 0 Å². The molecular formula is C9H19NO2. The molecule has 0 aromatic carbocycles. The molecule has 0 fully saturated rings. The van der Waals surface area contributed by atoms with Crippen LogP contribution >= 0.6 is 0 Å². The van der Waals surface area contributed by atoms with Crippen LogP contribution in [-0.4, -0.2) is 17.6 Å². The highest BCUT2D eigenvalue weighted by atomic mass is 16.4. The van der Waals surface area contributed by atoms with Crippen LogP contribution in [0.25, 0.3) is 0 Å². The number of nitrogens with two attached hydrogens (primary N) is 1. The zero-order chi connectivity index (χ0) is 9.56. The molecule has 0 aliphatic carbocycles. The van der Waals surface area contributed by atoms with Crippen LogP contribution in [0.4, 0.5) is 0 Å². The van der Waals surface area contributed by atoms with Gasteiger partial charge in [0.05, 0.1) is 5.92 Å². The second-order valence-electron chi connectivity index (χ2n) is 3.10. The molecule has 0 saturated heterocycles. The predicted octanol–water partition coefficient (Wildman–Crippen LogP) is 1.47. The van der Waals surface area contributed by atoms with Gasteiger partial charge in [0.2, 0.25) is 0 Å². The SMILES string of the molecule is CCC(CC)C(CCN)C(=O)O. The summed E-state index contributed by atoms with van der Waals surface area (Å²) in [4.78, 5) is 10.8. The third kappa shape index (κ3) is 3.22. The number of rotatable bonds is 6. The van der Waals surface area contributed by atoms with Gasteiger partial charge < -0.3 is 10.8 Å². The van der Waals surface area contributed by atoms with E-state index in [1.165, 1.54) is 0 Å². The molecule has 0 aromatic heterocycles. The number of hydrogen-bond donors (Lipinski definition) is 2. The highest BCUT2D eigenvalue weighted by Gasteiger charge is 2.24. The van der Waals surface area contributed by atoms with Crippen LogP contribution in [0.1, 0.15) is 33.1 Å². The fourth-order valence-corrected chi connectivity index (χ4v) is 1.60. The van der Waals surface area contributed by atoms with Crippen molar-refractivity contribution in [2.75, 3.05) is 6.54 Å². The average Bonchev–Trinajstić information content (AvgIpc) is 2.05. The lowest BCUT2D eigenvalue weighted by Crippen LogP contribution is -2.25. The first-order valence-electron chi connectivity index (χ1n) is 4.60. The minimum atomic E-state index is -0.700. The van der Waals surface area contributed by atoms with Crippen molar-refractivity contribution in [2.45, 2.75) is 33.1 Å². The summed E-state index contributed by atoms with van der Waals surface area (Å²) < 4.78 is 0. The van der Waals surface area contributed by atoms with Crippen LogP contribution in [0.3, 0.4) is 0 Å². The Morgan fingerprint density at radius 3 is 2.17 bits per heavy atom. The highest BCUT2D eigenvalue weighted by molar-refractivity contribution is 5.70. The molecule has 0 aliphatic heterocycles. The molecule has 1 atom stereocenters. The number of hydrogen-bond acceptors (Lipinski definition) is 2. The highest BCUT2D eigenvalue weighted by Crippen LogP contribution is 2.22. The Kier molecular flexibility index (Phi) is 5.72. The first kappa shape index (κ1) is 11.4. The number of carboxylic acid groups (broad SMARTS) is 1. The standard InChI is InChI=1S/C9H19NO2/c1-3-7(4-2)8(5-6-10)9(11)12/h7-8H,3-6,10H2,1-2H3,(H,11,12). The lowest BCUT2D eigenvalue weighted by molar-refractivity contribution is -0.144. The van der Waals surface area contributed by atoms with E-state index in [2.05, 4.69) is 0 Å². The zero-order valence-electron chi connectivity index (χ0n) is 7.92. The van der Waals surface area contributed by atoms with Crippen LogP contribution in [0.2, 0.25) is 0 Å². The van der Waals surface area contributed by atoms with E-state index in [-0.39, 0.29) is 11.8 Å². The second kappa shape index (κ2) is 6.00. The molecule has 3 nitrogen and oxygen atoms in total. The van der Waals surface area contributed by atoms with Gasteiger partial charge in [0.1, 0.15) is 0 Å². The minimum Gasteiger partial charge on any atom is -0.481 e. The molecule has 3 N–H and O–H groups in total. The zero-order valence-corrected chi connectivity index (χ0v) is 7.92. The van der Waals surface area contributed by atoms with Crippen molar-refractivity contribution >= 4 is 5.97 Å². The first-order valence-corrected chi connectivity index (χ1v) is 4.60. The van der Waals surface area contributed by atoms with Crippen molar-refractivity contribution in [1.82, 2.24) is 0 Å². The van der Waals surface area contributed by atoms with Gasteiger partial charge in [-0.3, -0.25) is 4.79 Å². The van der Waals surface area contributed by atoms with Crippen LogP contribution in [-0.2, 0) is 4.79 Å². The van der Waals surface area contributed by atoms with Gasteiger partial charge in [-0.15, -0.1) is 0 Å². The van der Waals surface area contributed by atoms with E-state index >= 15 is 0 Å². The minimum absolute atomic E-state index is 0.245. The topological polar surface area (TPSA) is 63.3 Å². The van der Waals surface area contributed by atoms with Crippen molar-refractivity contribution in [3.05, 3.63) is 0 Å². The Balaban J connectivity index is 4.15. The Hall–Kier alpha value is -0.570. The Morgan fingerprint density at radius 1 is 1.42 bits per heavy atom. The summed E-state index contributed by atoms with van der Waals surface area (Å²) in [5.74, 6) is -0.662. The largest absolute Gasteiger partial charge is 0.481 e. The molecule has 0 spiro atoms. The lowest BCUT2D eigenvalue weighted by Gasteiger charge is -2.20. The van der Waals surface area contributed by atoms with Crippen molar-refractivity contribution in [1.29, 1.82) is 0 Å². The molecule has 0 rings (SSSR count). The van der Waals surface area contributed by atoms with Crippen LogP contribution < -0.4 is 5.73 Å². The van der Waals surface area contributed by atoms with Crippen LogP contribution in [0.15, 0.2) is 0 Å². The quantitative estimate of drug-likeness (QED) is 0.639. The summed E-state index contributed by atoms with van der Waals surface area (Å²) in [5.41, 5.74) is 5.35. The number of aliphatic carboxylic acids is 1. The van der Waals surface area contributed by atoms with Gasteiger partial charge in [0.15, 0.2) is 0 Å².